The van der Waals surface area contributed by atoms with Crippen LogP contribution in [0.15, 0.2) is 54.6 Å². The second-order valence-corrected chi connectivity index (χ2v) is 5.37. The molecule has 0 spiro atoms. The van der Waals surface area contributed by atoms with Gasteiger partial charge in [0.25, 0.3) is 0 Å². The number of rotatable bonds is 3. The molecule has 2 heteroatoms. The van der Waals surface area contributed by atoms with Crippen LogP contribution in [-0.4, -0.2) is 10.1 Å². The van der Waals surface area contributed by atoms with E-state index >= 15 is 0 Å². The first-order valence-corrected chi connectivity index (χ1v) is 7.32. The minimum Gasteiger partial charge on any atom is -0.384 e. The molecule has 0 amide bonds. The first-order chi connectivity index (χ1) is 10.2. The van der Waals surface area contributed by atoms with Gasteiger partial charge in [0.2, 0.25) is 0 Å². The predicted molar refractivity (Wildman–Crippen MR) is 86.4 cm³/mol. The van der Waals surface area contributed by atoms with E-state index < -0.39 is 6.10 Å². The van der Waals surface area contributed by atoms with Crippen LogP contribution in [0.3, 0.4) is 0 Å². The molecule has 2 aromatic carbocycles. The third kappa shape index (κ3) is 2.67. The van der Waals surface area contributed by atoms with E-state index in [4.69, 9.17) is 0 Å². The van der Waals surface area contributed by atoms with Crippen LogP contribution in [0.4, 0.5) is 0 Å². The molecule has 3 rings (SSSR count). The molecule has 21 heavy (non-hydrogen) atoms. The summed E-state index contributed by atoms with van der Waals surface area (Å²) in [5.41, 5.74) is 4.97. The quantitative estimate of drug-likeness (QED) is 0.778. The van der Waals surface area contributed by atoms with Crippen molar-refractivity contribution in [3.63, 3.8) is 0 Å². The predicted octanol–water partition coefficient (Wildman–Crippen LogP) is 4.19. The number of aromatic nitrogens is 1. The lowest BCUT2D eigenvalue weighted by Crippen LogP contribution is -2.02. The molecular formula is C19H19NO. The molecule has 0 aliphatic carbocycles. The van der Waals surface area contributed by atoms with Crippen molar-refractivity contribution < 1.29 is 5.11 Å². The average Bonchev–Trinajstić information content (AvgIpc) is 2.53. The summed E-state index contributed by atoms with van der Waals surface area (Å²) >= 11 is 0. The topological polar surface area (TPSA) is 33.1 Å². The van der Waals surface area contributed by atoms with E-state index in [1.54, 1.807) is 0 Å². The maximum Gasteiger partial charge on any atom is 0.105 e. The van der Waals surface area contributed by atoms with Gasteiger partial charge in [-0.25, -0.2) is 0 Å². The molecule has 0 bridgehead atoms. The van der Waals surface area contributed by atoms with Crippen LogP contribution >= 0.6 is 0 Å². The minimum atomic E-state index is -0.623. The lowest BCUT2D eigenvalue weighted by Gasteiger charge is -2.15. The molecule has 0 radical (unpaired) electrons. The summed E-state index contributed by atoms with van der Waals surface area (Å²) in [6.45, 7) is 4.09. The van der Waals surface area contributed by atoms with Crippen LogP contribution in [0.2, 0.25) is 0 Å². The van der Waals surface area contributed by atoms with E-state index in [0.29, 0.717) is 0 Å². The zero-order valence-corrected chi connectivity index (χ0v) is 12.4. The van der Waals surface area contributed by atoms with Crippen LogP contribution in [0.5, 0.6) is 0 Å². The van der Waals surface area contributed by atoms with E-state index in [-0.39, 0.29) is 0 Å². The van der Waals surface area contributed by atoms with Crippen molar-refractivity contribution in [1.29, 1.82) is 0 Å². The number of aryl methyl sites for hydroxylation is 2. The molecule has 1 N–H and O–H groups in total. The van der Waals surface area contributed by atoms with Crippen LogP contribution < -0.4 is 0 Å². The number of para-hydroxylation sites is 1. The van der Waals surface area contributed by atoms with Gasteiger partial charge in [-0.1, -0.05) is 49.4 Å². The Morgan fingerprint density at radius 3 is 2.48 bits per heavy atom. The number of aliphatic hydroxyl groups excluding tert-OH is 1. The fraction of sp³-hybridized carbons (Fsp3) is 0.211. The lowest BCUT2D eigenvalue weighted by atomic mass is 9.96. The Hall–Kier alpha value is -2.19. The second kappa shape index (κ2) is 5.66. The largest absolute Gasteiger partial charge is 0.384 e. The highest BCUT2D eigenvalue weighted by Crippen LogP contribution is 2.29. The number of pyridine rings is 1. The molecule has 0 fully saturated rings. The fourth-order valence-corrected chi connectivity index (χ4v) is 2.68. The highest BCUT2D eigenvalue weighted by atomic mass is 16.3. The van der Waals surface area contributed by atoms with E-state index in [1.807, 2.05) is 49.4 Å². The molecular weight excluding hydrogens is 258 g/mol. The summed E-state index contributed by atoms with van der Waals surface area (Å²) in [5, 5.41) is 11.8. The number of benzene rings is 2. The Kier molecular flexibility index (Phi) is 3.72. The summed E-state index contributed by atoms with van der Waals surface area (Å²) in [5.74, 6) is 0. The van der Waals surface area contributed by atoms with Crippen molar-refractivity contribution >= 4 is 10.9 Å². The van der Waals surface area contributed by atoms with E-state index in [0.717, 1.165) is 34.1 Å². The monoisotopic (exact) mass is 277 g/mol. The first kappa shape index (κ1) is 13.8. The molecule has 3 aromatic rings. The zero-order valence-electron chi connectivity index (χ0n) is 12.4. The maximum atomic E-state index is 10.8. The van der Waals surface area contributed by atoms with Gasteiger partial charge in [0, 0.05) is 11.1 Å². The molecule has 1 unspecified atom stereocenters. The molecule has 1 atom stereocenters. The van der Waals surface area contributed by atoms with Gasteiger partial charge >= 0.3 is 0 Å². The van der Waals surface area contributed by atoms with Crippen LogP contribution in [0.1, 0.15) is 35.4 Å². The second-order valence-electron chi connectivity index (χ2n) is 5.37. The van der Waals surface area contributed by atoms with Gasteiger partial charge in [0.1, 0.15) is 6.10 Å². The summed E-state index contributed by atoms with van der Waals surface area (Å²) in [6, 6.07) is 18.1. The van der Waals surface area contributed by atoms with Crippen molar-refractivity contribution in [3.8, 4) is 0 Å². The molecule has 2 nitrogen and oxygen atoms in total. The summed E-state index contributed by atoms with van der Waals surface area (Å²) in [7, 11) is 0. The fourth-order valence-electron chi connectivity index (χ4n) is 2.68. The van der Waals surface area contributed by atoms with Crippen molar-refractivity contribution in [2.75, 3.05) is 0 Å². The third-order valence-corrected chi connectivity index (χ3v) is 3.87. The molecule has 106 valence electrons. The van der Waals surface area contributed by atoms with Gasteiger partial charge in [-0.15, -0.1) is 0 Å². The Morgan fingerprint density at radius 2 is 1.76 bits per heavy atom. The maximum absolute atomic E-state index is 10.8. The highest BCUT2D eigenvalue weighted by molar-refractivity contribution is 5.83. The minimum absolute atomic E-state index is 0.623. The average molecular weight is 277 g/mol. The van der Waals surface area contributed by atoms with Gasteiger partial charge in [-0.2, -0.15) is 0 Å². The highest BCUT2D eigenvalue weighted by Gasteiger charge is 2.14. The normalized spacial score (nSPS) is 12.5. The van der Waals surface area contributed by atoms with Crippen molar-refractivity contribution in [1.82, 2.24) is 4.98 Å². The number of aliphatic hydroxyl groups is 1. The molecule has 0 saturated carbocycles. The Labute approximate surface area is 125 Å². The molecule has 0 aliphatic heterocycles. The smallest absolute Gasteiger partial charge is 0.105 e. The zero-order chi connectivity index (χ0) is 14.8. The molecule has 1 aromatic heterocycles. The van der Waals surface area contributed by atoms with E-state index in [1.165, 1.54) is 5.56 Å². The van der Waals surface area contributed by atoms with Gasteiger partial charge in [-0.3, -0.25) is 4.98 Å². The number of fused-ring (bicyclic) bond motifs is 1. The Bertz CT molecular complexity index is 762. The first-order valence-electron chi connectivity index (χ1n) is 7.32. The van der Waals surface area contributed by atoms with Crippen LogP contribution in [0, 0.1) is 6.92 Å². The molecule has 0 aliphatic rings. The molecule has 1 heterocycles. The van der Waals surface area contributed by atoms with E-state index in [2.05, 4.69) is 24.0 Å². The number of nitrogens with zero attached hydrogens (tertiary/aromatic N) is 1. The Morgan fingerprint density at radius 1 is 1.05 bits per heavy atom. The summed E-state index contributed by atoms with van der Waals surface area (Å²) in [6.07, 6.45) is 0.385. The van der Waals surface area contributed by atoms with Gasteiger partial charge < -0.3 is 5.11 Å². The van der Waals surface area contributed by atoms with Crippen molar-refractivity contribution in [3.05, 3.63) is 77.0 Å². The van der Waals surface area contributed by atoms with Crippen molar-refractivity contribution in [2.45, 2.75) is 26.4 Å². The number of hydrogen-bond donors (Lipinski definition) is 1. The van der Waals surface area contributed by atoms with E-state index in [9.17, 15) is 5.11 Å². The SMILES string of the molecule is CCc1ccc(C(O)c2cc(C)nc3ccccc23)cc1. The van der Waals surface area contributed by atoms with Crippen LogP contribution in [-0.2, 0) is 6.42 Å². The van der Waals surface area contributed by atoms with Gasteiger partial charge in [0.05, 0.1) is 5.52 Å². The summed E-state index contributed by atoms with van der Waals surface area (Å²) in [4.78, 5) is 4.53. The Balaban J connectivity index is 2.09. The van der Waals surface area contributed by atoms with Crippen molar-refractivity contribution in [2.24, 2.45) is 0 Å². The van der Waals surface area contributed by atoms with Gasteiger partial charge in [-0.05, 0) is 42.2 Å². The van der Waals surface area contributed by atoms with Gasteiger partial charge in [0.15, 0.2) is 0 Å². The third-order valence-electron chi connectivity index (χ3n) is 3.87. The van der Waals surface area contributed by atoms with Crippen LogP contribution in [0.25, 0.3) is 10.9 Å². The lowest BCUT2D eigenvalue weighted by molar-refractivity contribution is 0.221. The molecule has 0 saturated heterocycles. The summed E-state index contributed by atoms with van der Waals surface area (Å²) < 4.78 is 0. The number of hydrogen-bond acceptors (Lipinski definition) is 2. The standard InChI is InChI=1S/C19H19NO/c1-3-14-8-10-15(11-9-14)19(21)17-12-13(2)20-18-7-5-4-6-16(17)18/h4-12,19,21H,3H2,1-2H3.